The molecule has 8 aromatic rings. The van der Waals surface area contributed by atoms with Crippen LogP contribution in [-0.2, 0) is 0 Å². The number of para-hydroxylation sites is 1. The van der Waals surface area contributed by atoms with Crippen molar-refractivity contribution in [2.45, 2.75) is 0 Å². The van der Waals surface area contributed by atoms with E-state index in [0.29, 0.717) is 0 Å². The molecule has 0 bridgehead atoms. The number of rotatable bonds is 2. The molecule has 0 N–H and O–H groups in total. The lowest BCUT2D eigenvalue weighted by atomic mass is 9.93. The van der Waals surface area contributed by atoms with E-state index >= 15 is 0 Å². The van der Waals surface area contributed by atoms with E-state index in [0.717, 1.165) is 50.0 Å². The number of aromatic nitrogens is 2. The summed E-state index contributed by atoms with van der Waals surface area (Å²) in [6, 6.07) is 38.4. The molecule has 0 amide bonds. The third-order valence-corrected chi connectivity index (χ3v) is 7.18. The van der Waals surface area contributed by atoms with Gasteiger partial charge in [-0.2, -0.15) is 0 Å². The Bertz CT molecular complexity index is 2080. The van der Waals surface area contributed by atoms with Crippen LogP contribution in [0.15, 0.2) is 126 Å². The van der Waals surface area contributed by atoms with Gasteiger partial charge in [0.05, 0.1) is 5.69 Å². The van der Waals surface area contributed by atoms with E-state index in [1.165, 1.54) is 21.5 Å². The molecule has 0 atom stereocenters. The molecule has 3 aromatic heterocycles. The number of furan rings is 1. The lowest BCUT2D eigenvalue weighted by molar-refractivity contribution is 0.670. The Hall–Kier alpha value is -4.89. The predicted octanol–water partition coefficient (Wildman–Crippen LogP) is 8.87. The summed E-state index contributed by atoms with van der Waals surface area (Å²) in [4.78, 5) is 4.79. The Morgan fingerprint density at radius 1 is 0.583 bits per heavy atom. The van der Waals surface area contributed by atoms with Gasteiger partial charge in [0.2, 0.25) is 0 Å². The van der Waals surface area contributed by atoms with Gasteiger partial charge in [-0.25, -0.2) is 4.98 Å². The van der Waals surface area contributed by atoms with Gasteiger partial charge in [-0.3, -0.25) is 0 Å². The number of hydrogen-bond acceptors (Lipinski definition) is 2. The molecule has 0 radical (unpaired) electrons. The van der Waals surface area contributed by atoms with Gasteiger partial charge in [0.25, 0.3) is 0 Å². The maximum absolute atomic E-state index is 6.45. The highest BCUT2D eigenvalue weighted by molar-refractivity contribution is 6.18. The third kappa shape index (κ3) is 2.83. The molecule has 0 aliphatic rings. The fourth-order valence-electron chi connectivity index (χ4n) is 5.44. The first-order valence-electron chi connectivity index (χ1n) is 12.1. The predicted molar refractivity (Wildman–Crippen MR) is 148 cm³/mol. The van der Waals surface area contributed by atoms with E-state index in [4.69, 9.17) is 9.40 Å². The molecule has 8 rings (SSSR count). The molecule has 5 aromatic carbocycles. The molecule has 3 heterocycles. The van der Waals surface area contributed by atoms with Gasteiger partial charge in [0.15, 0.2) is 0 Å². The van der Waals surface area contributed by atoms with Crippen LogP contribution in [0.25, 0.3) is 71.5 Å². The maximum Gasteiger partial charge on any atom is 0.143 e. The van der Waals surface area contributed by atoms with E-state index in [-0.39, 0.29) is 0 Å². The normalized spacial score (nSPS) is 11.9. The van der Waals surface area contributed by atoms with Crippen molar-refractivity contribution >= 4 is 49.1 Å². The van der Waals surface area contributed by atoms with Crippen molar-refractivity contribution in [3.63, 3.8) is 0 Å². The standard InChI is InChI=1S/C33H20N2O/c1-2-8-26-23(7-1)19-28-27-9-3-4-10-30(27)36-33(28)32(26)25-15-13-21-17-24(14-12-22(21)18-25)29-20-35-16-6-5-11-31(35)34-29/h1-20H. The molecule has 0 aliphatic carbocycles. The molecule has 0 saturated carbocycles. The smallest absolute Gasteiger partial charge is 0.143 e. The second kappa shape index (κ2) is 7.30. The van der Waals surface area contributed by atoms with E-state index < -0.39 is 0 Å². The van der Waals surface area contributed by atoms with Gasteiger partial charge in [0, 0.05) is 34.3 Å². The fourth-order valence-corrected chi connectivity index (χ4v) is 5.44. The Labute approximate surface area is 206 Å². The van der Waals surface area contributed by atoms with Crippen LogP contribution < -0.4 is 0 Å². The zero-order chi connectivity index (χ0) is 23.6. The van der Waals surface area contributed by atoms with Crippen molar-refractivity contribution in [2.24, 2.45) is 0 Å². The van der Waals surface area contributed by atoms with Crippen LogP contribution in [0.3, 0.4) is 0 Å². The van der Waals surface area contributed by atoms with Crippen molar-refractivity contribution in [3.05, 3.63) is 122 Å². The summed E-state index contributed by atoms with van der Waals surface area (Å²) in [5.74, 6) is 0. The molecule has 36 heavy (non-hydrogen) atoms. The summed E-state index contributed by atoms with van der Waals surface area (Å²) >= 11 is 0. The highest BCUT2D eigenvalue weighted by Crippen LogP contribution is 2.41. The summed E-state index contributed by atoms with van der Waals surface area (Å²) in [7, 11) is 0. The second-order valence-electron chi connectivity index (χ2n) is 9.32. The summed E-state index contributed by atoms with van der Waals surface area (Å²) in [5.41, 5.74) is 7.20. The van der Waals surface area contributed by atoms with E-state index in [2.05, 4.69) is 89.5 Å². The van der Waals surface area contributed by atoms with Gasteiger partial charge in [-0.15, -0.1) is 0 Å². The van der Waals surface area contributed by atoms with Gasteiger partial charge in [-0.05, 0) is 63.5 Å². The van der Waals surface area contributed by atoms with Crippen molar-refractivity contribution in [1.82, 2.24) is 9.38 Å². The van der Waals surface area contributed by atoms with Crippen LogP contribution in [0, 0.1) is 0 Å². The number of hydrogen-bond donors (Lipinski definition) is 0. The zero-order valence-corrected chi connectivity index (χ0v) is 19.3. The van der Waals surface area contributed by atoms with Crippen molar-refractivity contribution in [3.8, 4) is 22.4 Å². The Balaban J connectivity index is 1.34. The topological polar surface area (TPSA) is 30.4 Å². The summed E-state index contributed by atoms with van der Waals surface area (Å²) < 4.78 is 8.51. The fraction of sp³-hybridized carbons (Fsp3) is 0. The van der Waals surface area contributed by atoms with Crippen LogP contribution in [0.1, 0.15) is 0 Å². The van der Waals surface area contributed by atoms with E-state index in [1.54, 1.807) is 0 Å². The monoisotopic (exact) mass is 460 g/mol. The minimum Gasteiger partial charge on any atom is -0.455 e. The quantitative estimate of drug-likeness (QED) is 0.258. The minimum absolute atomic E-state index is 0.918. The zero-order valence-electron chi connectivity index (χ0n) is 19.3. The first-order valence-corrected chi connectivity index (χ1v) is 12.1. The minimum atomic E-state index is 0.918. The largest absolute Gasteiger partial charge is 0.455 e. The maximum atomic E-state index is 6.45. The average Bonchev–Trinajstić information content (AvgIpc) is 3.53. The first-order chi connectivity index (χ1) is 17.8. The van der Waals surface area contributed by atoms with Gasteiger partial charge >= 0.3 is 0 Å². The molecule has 0 aliphatic heterocycles. The van der Waals surface area contributed by atoms with Gasteiger partial charge in [-0.1, -0.05) is 72.8 Å². The molecule has 168 valence electrons. The molecule has 3 heteroatoms. The number of imidazole rings is 1. The highest BCUT2D eigenvalue weighted by Gasteiger charge is 2.16. The van der Waals surface area contributed by atoms with Gasteiger partial charge < -0.3 is 8.82 Å². The van der Waals surface area contributed by atoms with Crippen LogP contribution in [0.4, 0.5) is 0 Å². The number of fused-ring (bicyclic) bond motifs is 6. The summed E-state index contributed by atoms with van der Waals surface area (Å²) in [6.07, 6.45) is 4.11. The molecule has 0 unspecified atom stereocenters. The van der Waals surface area contributed by atoms with Gasteiger partial charge in [0.1, 0.15) is 16.8 Å². The first kappa shape index (κ1) is 19.4. The summed E-state index contributed by atoms with van der Waals surface area (Å²) in [6.45, 7) is 0. The SMILES string of the molecule is c1ccc2c(-c3ccc4cc(-c5cn6ccccc6n5)ccc4c3)c3oc4ccccc4c3cc2c1. The Kier molecular flexibility index (Phi) is 3.94. The van der Waals surface area contributed by atoms with Crippen LogP contribution in [0.5, 0.6) is 0 Å². The average molecular weight is 461 g/mol. The van der Waals surface area contributed by atoms with Crippen LogP contribution >= 0.6 is 0 Å². The molecule has 0 saturated heterocycles. The van der Waals surface area contributed by atoms with Crippen LogP contribution in [0.2, 0.25) is 0 Å². The second-order valence-corrected chi connectivity index (χ2v) is 9.32. The lowest BCUT2D eigenvalue weighted by Gasteiger charge is -2.10. The van der Waals surface area contributed by atoms with Crippen molar-refractivity contribution < 1.29 is 4.42 Å². The third-order valence-electron chi connectivity index (χ3n) is 7.18. The molecule has 0 fully saturated rings. The number of nitrogens with zero attached hydrogens (tertiary/aromatic N) is 2. The molecular formula is C33H20N2O. The molecule has 3 nitrogen and oxygen atoms in total. The number of benzene rings is 5. The van der Waals surface area contributed by atoms with Crippen molar-refractivity contribution in [1.29, 1.82) is 0 Å². The highest BCUT2D eigenvalue weighted by atomic mass is 16.3. The summed E-state index contributed by atoms with van der Waals surface area (Å²) in [5, 5.41) is 7.10. The molecular weight excluding hydrogens is 440 g/mol. The van der Waals surface area contributed by atoms with E-state index in [1.807, 2.05) is 36.5 Å². The lowest BCUT2D eigenvalue weighted by Crippen LogP contribution is -1.85. The Morgan fingerprint density at radius 3 is 2.22 bits per heavy atom. The number of pyridine rings is 1. The van der Waals surface area contributed by atoms with Crippen LogP contribution in [-0.4, -0.2) is 9.38 Å². The Morgan fingerprint density at radius 2 is 1.33 bits per heavy atom. The molecule has 0 spiro atoms. The van der Waals surface area contributed by atoms with E-state index in [9.17, 15) is 0 Å². The van der Waals surface area contributed by atoms with Crippen molar-refractivity contribution in [2.75, 3.05) is 0 Å².